The molecule has 0 aliphatic heterocycles. The third kappa shape index (κ3) is 4.44. The van der Waals surface area contributed by atoms with E-state index >= 15 is 0 Å². The number of unbranched alkanes of at least 4 members (excludes halogenated alkanes) is 1. The van der Waals surface area contributed by atoms with E-state index in [-0.39, 0.29) is 20.8 Å². The molecule has 0 saturated carbocycles. The summed E-state index contributed by atoms with van der Waals surface area (Å²) in [5, 5.41) is 9.31. The molecule has 0 heterocycles. The van der Waals surface area contributed by atoms with Crippen molar-refractivity contribution in [2.24, 2.45) is 0 Å². The first-order valence-electron chi connectivity index (χ1n) is 5.98. The quantitative estimate of drug-likeness (QED) is 0.757. The van der Waals surface area contributed by atoms with Gasteiger partial charge >= 0.3 is 5.97 Å². The van der Waals surface area contributed by atoms with Crippen LogP contribution in [0, 0.1) is 0 Å². The molecule has 1 atom stereocenters. The maximum Gasteiger partial charge on any atom is 0.321 e. The van der Waals surface area contributed by atoms with Crippen LogP contribution in [0.1, 0.15) is 26.2 Å². The van der Waals surface area contributed by atoms with Crippen molar-refractivity contribution in [3.8, 4) is 0 Å². The maximum atomic E-state index is 12.2. The summed E-state index contributed by atoms with van der Waals surface area (Å²) in [4.78, 5) is 11.0. The fourth-order valence-corrected chi connectivity index (χ4v) is 4.04. The van der Waals surface area contributed by atoms with E-state index < -0.39 is 22.0 Å². The molecule has 8 heteroatoms. The molecule has 0 aromatic heterocycles. The lowest BCUT2D eigenvalue weighted by Crippen LogP contribution is -2.40. The second kappa shape index (κ2) is 7.40. The summed E-state index contributed by atoms with van der Waals surface area (Å²) in [6, 6.07) is 3.24. The Balaban J connectivity index is 3.04. The minimum Gasteiger partial charge on any atom is -0.480 e. The molecular formula is C12H15BrClNO4S. The van der Waals surface area contributed by atoms with Gasteiger partial charge in [-0.15, -0.1) is 0 Å². The Hall–Kier alpha value is -0.630. The van der Waals surface area contributed by atoms with Crippen molar-refractivity contribution in [1.29, 1.82) is 0 Å². The zero-order valence-corrected chi connectivity index (χ0v) is 13.9. The molecule has 0 radical (unpaired) electrons. The molecule has 1 aromatic carbocycles. The van der Waals surface area contributed by atoms with Crippen molar-refractivity contribution in [3.05, 3.63) is 27.7 Å². The van der Waals surface area contributed by atoms with Crippen LogP contribution in [0.3, 0.4) is 0 Å². The van der Waals surface area contributed by atoms with Gasteiger partial charge in [-0.25, -0.2) is 8.42 Å². The third-order valence-corrected chi connectivity index (χ3v) is 5.82. The molecule has 20 heavy (non-hydrogen) atoms. The highest BCUT2D eigenvalue weighted by atomic mass is 79.9. The summed E-state index contributed by atoms with van der Waals surface area (Å²) in [5.41, 5.74) is 0. The molecule has 5 nitrogen and oxygen atoms in total. The van der Waals surface area contributed by atoms with Crippen molar-refractivity contribution in [1.82, 2.24) is 4.72 Å². The molecule has 1 rings (SSSR count). The van der Waals surface area contributed by atoms with E-state index in [1.165, 1.54) is 18.2 Å². The molecule has 0 bridgehead atoms. The highest BCUT2D eigenvalue weighted by molar-refractivity contribution is 9.10. The van der Waals surface area contributed by atoms with Gasteiger partial charge < -0.3 is 5.11 Å². The minimum absolute atomic E-state index is 0.0762. The predicted octanol–water partition coefficient (Wildman–Crippen LogP) is 3.02. The van der Waals surface area contributed by atoms with Crippen LogP contribution < -0.4 is 4.72 Å². The van der Waals surface area contributed by atoms with Crippen LogP contribution in [0.4, 0.5) is 0 Å². The van der Waals surface area contributed by atoms with Crippen molar-refractivity contribution in [2.75, 3.05) is 0 Å². The molecule has 112 valence electrons. The summed E-state index contributed by atoms with van der Waals surface area (Å²) in [7, 11) is -3.95. The van der Waals surface area contributed by atoms with Gasteiger partial charge in [0, 0.05) is 0 Å². The average molecular weight is 385 g/mol. The van der Waals surface area contributed by atoms with E-state index in [0.29, 0.717) is 6.42 Å². The summed E-state index contributed by atoms with van der Waals surface area (Å²) >= 11 is 8.94. The predicted molar refractivity (Wildman–Crippen MR) is 80.4 cm³/mol. The van der Waals surface area contributed by atoms with E-state index in [2.05, 4.69) is 20.7 Å². The first kappa shape index (κ1) is 17.4. The molecule has 1 unspecified atom stereocenters. The van der Waals surface area contributed by atoms with Gasteiger partial charge in [-0.05, 0) is 34.5 Å². The van der Waals surface area contributed by atoms with E-state index in [9.17, 15) is 13.2 Å². The zero-order chi connectivity index (χ0) is 15.3. The number of nitrogens with one attached hydrogen (secondary N) is 1. The number of carboxylic acids is 1. The van der Waals surface area contributed by atoms with Gasteiger partial charge in [0.1, 0.15) is 6.04 Å². The molecule has 0 fully saturated rings. The first-order chi connectivity index (χ1) is 9.29. The fraction of sp³-hybridized carbons (Fsp3) is 0.417. The van der Waals surface area contributed by atoms with Gasteiger partial charge in [-0.3, -0.25) is 4.79 Å². The number of benzene rings is 1. The van der Waals surface area contributed by atoms with Gasteiger partial charge in [-0.2, -0.15) is 4.72 Å². The molecule has 0 amide bonds. The van der Waals surface area contributed by atoms with Crippen LogP contribution in [0.25, 0.3) is 0 Å². The summed E-state index contributed by atoms with van der Waals surface area (Å²) in [6.45, 7) is 1.90. The topological polar surface area (TPSA) is 83.5 Å². The van der Waals surface area contributed by atoms with E-state index in [4.69, 9.17) is 16.7 Å². The molecule has 2 N–H and O–H groups in total. The zero-order valence-electron chi connectivity index (χ0n) is 10.8. The Labute approximate surface area is 131 Å². The third-order valence-electron chi connectivity index (χ3n) is 2.65. The van der Waals surface area contributed by atoms with E-state index in [1.807, 2.05) is 6.92 Å². The lowest BCUT2D eigenvalue weighted by Gasteiger charge is -2.15. The Morgan fingerprint density at radius 1 is 1.50 bits per heavy atom. The van der Waals surface area contributed by atoms with Gasteiger partial charge in [0.15, 0.2) is 0 Å². The molecule has 0 saturated heterocycles. The molecule has 0 aliphatic rings. The molecule has 0 aliphatic carbocycles. The van der Waals surface area contributed by atoms with Crippen molar-refractivity contribution < 1.29 is 18.3 Å². The Morgan fingerprint density at radius 2 is 2.15 bits per heavy atom. The summed E-state index contributed by atoms with van der Waals surface area (Å²) in [6.07, 6.45) is 1.64. The summed E-state index contributed by atoms with van der Waals surface area (Å²) in [5.74, 6) is -1.19. The Kier molecular flexibility index (Phi) is 6.44. The monoisotopic (exact) mass is 383 g/mol. The standard InChI is InChI=1S/C12H15BrClNO4S/c1-2-3-6-9(12(16)17)15-20(18,19)10-7-4-5-8(14)11(10)13/h4-5,7,9,15H,2-3,6H2,1H3,(H,16,17). The van der Waals surface area contributed by atoms with Crippen molar-refractivity contribution in [2.45, 2.75) is 37.1 Å². The van der Waals surface area contributed by atoms with Crippen LogP contribution >= 0.6 is 27.5 Å². The van der Waals surface area contributed by atoms with Gasteiger partial charge in [0.2, 0.25) is 10.0 Å². The van der Waals surface area contributed by atoms with Crippen LogP contribution in [-0.2, 0) is 14.8 Å². The Bertz CT molecular complexity index is 591. The van der Waals surface area contributed by atoms with Crippen LogP contribution in [-0.4, -0.2) is 25.5 Å². The van der Waals surface area contributed by atoms with Crippen molar-refractivity contribution >= 4 is 43.5 Å². The van der Waals surface area contributed by atoms with Crippen molar-refractivity contribution in [3.63, 3.8) is 0 Å². The molecule has 1 aromatic rings. The van der Waals surface area contributed by atoms with E-state index in [0.717, 1.165) is 6.42 Å². The highest BCUT2D eigenvalue weighted by Gasteiger charge is 2.26. The largest absolute Gasteiger partial charge is 0.480 e. The normalized spacial score (nSPS) is 13.2. The second-order valence-corrected chi connectivity index (χ2v) is 7.09. The van der Waals surface area contributed by atoms with Crippen LogP contribution in [0.15, 0.2) is 27.6 Å². The molecule has 0 spiro atoms. The number of sulfonamides is 1. The second-order valence-electron chi connectivity index (χ2n) is 4.21. The first-order valence-corrected chi connectivity index (χ1v) is 8.64. The lowest BCUT2D eigenvalue weighted by molar-refractivity contribution is -0.139. The number of hydrogen-bond acceptors (Lipinski definition) is 3. The summed E-state index contributed by atoms with van der Waals surface area (Å²) < 4.78 is 26.9. The Morgan fingerprint density at radius 3 is 2.70 bits per heavy atom. The number of halogens is 2. The lowest BCUT2D eigenvalue weighted by atomic mass is 10.1. The number of carboxylic acid groups (broad SMARTS) is 1. The average Bonchev–Trinajstić information content (AvgIpc) is 2.37. The maximum absolute atomic E-state index is 12.2. The van der Waals surface area contributed by atoms with Crippen LogP contribution in [0.2, 0.25) is 5.02 Å². The van der Waals surface area contributed by atoms with Gasteiger partial charge in [0.25, 0.3) is 0 Å². The van der Waals surface area contributed by atoms with E-state index in [1.54, 1.807) is 0 Å². The van der Waals surface area contributed by atoms with Crippen LogP contribution in [0.5, 0.6) is 0 Å². The SMILES string of the molecule is CCCCC(NS(=O)(=O)c1cccc(Cl)c1Br)C(=O)O. The number of aliphatic carboxylic acids is 1. The number of carbonyl (C=O) groups is 1. The smallest absolute Gasteiger partial charge is 0.321 e. The minimum atomic E-state index is -3.95. The van der Waals surface area contributed by atoms with Gasteiger partial charge in [-0.1, -0.05) is 37.4 Å². The molecular weight excluding hydrogens is 370 g/mol. The fourth-order valence-electron chi connectivity index (χ4n) is 1.58. The number of hydrogen-bond donors (Lipinski definition) is 2. The highest BCUT2D eigenvalue weighted by Crippen LogP contribution is 2.29. The number of rotatable bonds is 7. The van der Waals surface area contributed by atoms with Gasteiger partial charge in [0.05, 0.1) is 14.4 Å².